The molecule has 1 aromatic rings. The third kappa shape index (κ3) is 1.57. The summed E-state index contributed by atoms with van der Waals surface area (Å²) >= 11 is 0. The van der Waals surface area contributed by atoms with Gasteiger partial charge in [0.25, 0.3) is 0 Å². The molecule has 120 valence electrons. The third-order valence-corrected chi connectivity index (χ3v) is 5.58. The molecule has 0 amide bonds. The average Bonchev–Trinajstić information content (AvgIpc) is 3.09. The third-order valence-electron chi connectivity index (χ3n) is 5.58. The lowest BCUT2D eigenvalue weighted by Crippen LogP contribution is -2.52. The molecule has 1 N–H and O–H groups in total. The van der Waals surface area contributed by atoms with Crippen molar-refractivity contribution in [2.45, 2.75) is 30.1 Å². The lowest BCUT2D eigenvalue weighted by atomic mass is 9.65. The molecule has 0 radical (unpaired) electrons. The maximum absolute atomic E-state index is 12.5. The van der Waals surface area contributed by atoms with Crippen LogP contribution in [0.3, 0.4) is 0 Å². The van der Waals surface area contributed by atoms with Gasteiger partial charge in [0.05, 0.1) is 17.1 Å². The number of esters is 1. The topological polar surface area (TPSA) is 68.2 Å². The molecule has 3 heterocycles. The first-order valence-electron chi connectivity index (χ1n) is 7.82. The Morgan fingerprint density at radius 2 is 2.09 bits per heavy atom. The number of carbonyl (C=O) groups excluding carboxylic acids is 1. The van der Waals surface area contributed by atoms with E-state index in [2.05, 4.69) is 4.90 Å². The molecular weight excluding hydrogens is 298 g/mol. The molecule has 1 fully saturated rings. The van der Waals surface area contributed by atoms with Gasteiger partial charge >= 0.3 is 5.97 Å². The van der Waals surface area contributed by atoms with Crippen molar-refractivity contribution in [3.8, 4) is 11.5 Å². The van der Waals surface area contributed by atoms with Crippen molar-refractivity contribution in [1.82, 2.24) is 4.90 Å². The smallest absolute Gasteiger partial charge is 0.338 e. The van der Waals surface area contributed by atoms with Crippen molar-refractivity contribution < 1.29 is 24.1 Å². The van der Waals surface area contributed by atoms with E-state index in [1.807, 2.05) is 25.3 Å². The molecule has 1 spiro atoms. The largest absolute Gasteiger partial charge is 0.456 e. The van der Waals surface area contributed by atoms with Crippen molar-refractivity contribution in [2.24, 2.45) is 0 Å². The lowest BCUT2D eigenvalue weighted by molar-refractivity contribution is 0.0130. The maximum atomic E-state index is 12.5. The number of likely N-dealkylation sites (N-methyl/N-ethyl adjacent to an activating group) is 1. The van der Waals surface area contributed by atoms with Crippen LogP contribution < -0.4 is 9.47 Å². The second-order valence-electron chi connectivity index (χ2n) is 6.70. The van der Waals surface area contributed by atoms with Gasteiger partial charge in [0.15, 0.2) is 11.5 Å². The molecule has 1 aliphatic carbocycles. The molecule has 3 aliphatic heterocycles. The highest BCUT2D eigenvalue weighted by Crippen LogP contribution is 2.52. The fourth-order valence-corrected chi connectivity index (χ4v) is 4.53. The van der Waals surface area contributed by atoms with Crippen molar-refractivity contribution in [3.05, 3.63) is 35.4 Å². The van der Waals surface area contributed by atoms with Crippen LogP contribution in [0.1, 0.15) is 22.3 Å². The molecule has 0 unspecified atom stereocenters. The zero-order valence-electron chi connectivity index (χ0n) is 12.7. The molecule has 0 saturated carbocycles. The number of fused-ring (bicyclic) bond motifs is 2. The summed E-state index contributed by atoms with van der Waals surface area (Å²) in [6.07, 6.45) is 3.74. The molecule has 6 heteroatoms. The number of ether oxygens (including phenoxy) is 3. The fourth-order valence-electron chi connectivity index (χ4n) is 4.53. The summed E-state index contributed by atoms with van der Waals surface area (Å²) in [5.41, 5.74) is 1.02. The Labute approximate surface area is 133 Å². The van der Waals surface area contributed by atoms with Crippen LogP contribution in [-0.4, -0.2) is 54.6 Å². The number of likely N-dealkylation sites (tertiary alicyclic amines) is 1. The van der Waals surface area contributed by atoms with Crippen molar-refractivity contribution >= 4 is 5.97 Å². The Morgan fingerprint density at radius 1 is 1.30 bits per heavy atom. The Bertz CT molecular complexity index is 745. The minimum absolute atomic E-state index is 0.0831. The van der Waals surface area contributed by atoms with E-state index in [4.69, 9.17) is 14.2 Å². The minimum Gasteiger partial charge on any atom is -0.456 e. The molecule has 0 aromatic heterocycles. The van der Waals surface area contributed by atoms with Crippen LogP contribution in [0, 0.1) is 0 Å². The summed E-state index contributed by atoms with van der Waals surface area (Å²) in [5.74, 6) is 0.931. The van der Waals surface area contributed by atoms with Gasteiger partial charge < -0.3 is 19.3 Å². The molecule has 6 nitrogen and oxygen atoms in total. The number of aliphatic hydroxyl groups excluding tert-OH is 1. The number of hydrogen-bond acceptors (Lipinski definition) is 6. The Morgan fingerprint density at radius 3 is 2.91 bits per heavy atom. The van der Waals surface area contributed by atoms with Gasteiger partial charge in [-0.05, 0) is 31.2 Å². The van der Waals surface area contributed by atoms with E-state index in [1.165, 1.54) is 0 Å². The number of nitrogens with zero attached hydrogens (tertiary/aromatic N) is 1. The summed E-state index contributed by atoms with van der Waals surface area (Å²) in [6, 6.07) is 3.72. The van der Waals surface area contributed by atoms with E-state index in [1.54, 1.807) is 6.07 Å². The molecule has 0 bridgehead atoms. The van der Waals surface area contributed by atoms with Crippen LogP contribution in [0.2, 0.25) is 0 Å². The van der Waals surface area contributed by atoms with Crippen molar-refractivity contribution in [3.63, 3.8) is 0 Å². The summed E-state index contributed by atoms with van der Waals surface area (Å²) in [4.78, 5) is 14.6. The predicted octanol–water partition coefficient (Wildman–Crippen LogP) is 0.827. The summed E-state index contributed by atoms with van der Waals surface area (Å²) < 4.78 is 16.7. The average molecular weight is 315 g/mol. The highest BCUT2D eigenvalue weighted by Gasteiger charge is 2.59. The van der Waals surface area contributed by atoms with Crippen LogP contribution in [0.5, 0.6) is 11.5 Å². The fraction of sp³-hybridized carbons (Fsp3) is 0.471. The van der Waals surface area contributed by atoms with Gasteiger partial charge in [-0.15, -0.1) is 0 Å². The van der Waals surface area contributed by atoms with Gasteiger partial charge in [-0.25, -0.2) is 4.79 Å². The van der Waals surface area contributed by atoms with E-state index in [-0.39, 0.29) is 24.9 Å². The van der Waals surface area contributed by atoms with E-state index in [0.29, 0.717) is 30.0 Å². The molecule has 5 rings (SSSR count). The number of rotatable bonds is 0. The van der Waals surface area contributed by atoms with Crippen molar-refractivity contribution in [2.75, 3.05) is 20.4 Å². The highest BCUT2D eigenvalue weighted by molar-refractivity contribution is 5.94. The van der Waals surface area contributed by atoms with Gasteiger partial charge in [0, 0.05) is 12.6 Å². The number of benzene rings is 1. The zero-order valence-corrected chi connectivity index (χ0v) is 12.7. The molecule has 4 aliphatic rings. The predicted molar refractivity (Wildman–Crippen MR) is 79.6 cm³/mol. The van der Waals surface area contributed by atoms with Crippen LogP contribution in [-0.2, 0) is 10.2 Å². The Balaban J connectivity index is 1.78. The van der Waals surface area contributed by atoms with Gasteiger partial charge in [-0.2, -0.15) is 0 Å². The first kappa shape index (κ1) is 13.4. The quantitative estimate of drug-likeness (QED) is 0.565. The molecule has 23 heavy (non-hydrogen) atoms. The van der Waals surface area contributed by atoms with Crippen molar-refractivity contribution in [1.29, 1.82) is 0 Å². The molecule has 1 aromatic carbocycles. The van der Waals surface area contributed by atoms with Gasteiger partial charge in [-0.3, -0.25) is 4.90 Å². The minimum atomic E-state index is -0.470. The van der Waals surface area contributed by atoms with E-state index >= 15 is 0 Å². The first-order chi connectivity index (χ1) is 11.1. The Kier molecular flexibility index (Phi) is 2.49. The first-order valence-corrected chi connectivity index (χ1v) is 7.82. The second-order valence-corrected chi connectivity index (χ2v) is 6.70. The van der Waals surface area contributed by atoms with Crippen LogP contribution in [0.4, 0.5) is 0 Å². The van der Waals surface area contributed by atoms with Gasteiger partial charge in [0.2, 0.25) is 6.79 Å². The molecule has 4 atom stereocenters. The summed E-state index contributed by atoms with van der Waals surface area (Å²) in [7, 11) is 2.01. The number of carbonyl (C=O) groups is 1. The van der Waals surface area contributed by atoms with Crippen LogP contribution in [0.15, 0.2) is 24.3 Å². The number of hydrogen-bond donors (Lipinski definition) is 1. The van der Waals surface area contributed by atoms with Gasteiger partial charge in [0.1, 0.15) is 6.10 Å². The zero-order chi connectivity index (χ0) is 15.8. The standard InChI is InChI=1S/C17H17NO5/c1-18-7-15-17(3-2-9(19)4-14(17)18)11-6-13-12(21-8-22-13)5-10(11)16(20)23-15/h2-3,5-6,9,14-15,19H,4,7-8H2,1H3/t9-,14+,15+,17+/m1/s1. The number of aliphatic hydroxyl groups is 1. The highest BCUT2D eigenvalue weighted by atomic mass is 16.7. The molecule has 1 saturated heterocycles. The molecular formula is C17H17NO5. The summed E-state index contributed by atoms with van der Waals surface area (Å²) in [5, 5.41) is 10.0. The van der Waals surface area contributed by atoms with E-state index in [0.717, 1.165) is 5.56 Å². The lowest BCUT2D eigenvalue weighted by Gasteiger charge is -2.44. The van der Waals surface area contributed by atoms with Crippen LogP contribution >= 0.6 is 0 Å². The monoisotopic (exact) mass is 315 g/mol. The van der Waals surface area contributed by atoms with Gasteiger partial charge in [-0.1, -0.05) is 12.2 Å². The summed E-state index contributed by atoms with van der Waals surface area (Å²) in [6.45, 7) is 0.822. The Hall–Kier alpha value is -2.05. The normalized spacial score (nSPS) is 37.1. The SMILES string of the molecule is CN1C[C@@H]2OC(=O)c3cc4c(cc3[C@]23C=C[C@@H](O)C[C@H]13)OCO4. The van der Waals surface area contributed by atoms with Crippen LogP contribution in [0.25, 0.3) is 0 Å². The van der Waals surface area contributed by atoms with E-state index in [9.17, 15) is 9.90 Å². The van der Waals surface area contributed by atoms with E-state index < -0.39 is 11.5 Å². The maximum Gasteiger partial charge on any atom is 0.338 e. The second kappa shape index (κ2) is 4.27.